The topological polar surface area (TPSA) is 46.6 Å². The molecule has 2 aromatic rings. The number of carbonyl (C=O) groups excluding carboxylic acids is 2. The Morgan fingerprint density at radius 1 is 1.03 bits per heavy atom. The highest BCUT2D eigenvalue weighted by Gasteiger charge is 2.29. The summed E-state index contributed by atoms with van der Waals surface area (Å²) in [6.07, 6.45) is 3.06. The number of amides is 1. The fourth-order valence-electron chi connectivity index (χ4n) is 4.03. The number of nitrogens with zero attached hydrogens (tertiary/aromatic N) is 1. The number of hydrogen-bond acceptors (Lipinski definition) is 3. The van der Waals surface area contributed by atoms with E-state index in [9.17, 15) is 14.0 Å². The molecule has 1 amide bonds. The van der Waals surface area contributed by atoms with Gasteiger partial charge in [0.25, 0.3) is 0 Å². The van der Waals surface area contributed by atoms with Crippen molar-refractivity contribution in [2.75, 3.05) is 20.2 Å². The van der Waals surface area contributed by atoms with Crippen molar-refractivity contribution >= 4 is 11.7 Å². The number of methoxy groups -OCH3 is 1. The van der Waals surface area contributed by atoms with Gasteiger partial charge in [0.15, 0.2) is 5.78 Å². The van der Waals surface area contributed by atoms with Crippen LogP contribution < -0.4 is 0 Å². The second-order valence-electron chi connectivity index (χ2n) is 7.57. The standard InChI is InChI=1S/C24H28FNO3/c1-29-24(19-6-3-2-4-7-19)20-14-16-26(17-15-20)23(28)9-5-8-22(27)18-10-12-21(25)13-11-18/h2-4,6-7,10-13,20,24H,5,8-9,14-17H2,1H3. The molecule has 0 saturated carbocycles. The van der Waals surface area contributed by atoms with Crippen molar-refractivity contribution in [3.8, 4) is 0 Å². The molecule has 0 N–H and O–H groups in total. The Balaban J connectivity index is 1.43. The van der Waals surface area contributed by atoms with Gasteiger partial charge in [-0.1, -0.05) is 30.3 Å². The van der Waals surface area contributed by atoms with Gasteiger partial charge in [-0.05, 0) is 55.0 Å². The SMILES string of the molecule is COC(c1ccccc1)C1CCN(C(=O)CCCC(=O)c2ccc(F)cc2)CC1. The van der Waals surface area contributed by atoms with Crippen LogP contribution in [0.3, 0.4) is 0 Å². The molecule has 4 nitrogen and oxygen atoms in total. The smallest absolute Gasteiger partial charge is 0.222 e. The first-order valence-corrected chi connectivity index (χ1v) is 10.2. The van der Waals surface area contributed by atoms with E-state index in [1.54, 1.807) is 7.11 Å². The molecule has 1 fully saturated rings. The number of ketones is 1. The van der Waals surface area contributed by atoms with E-state index in [0.29, 0.717) is 30.7 Å². The van der Waals surface area contributed by atoms with Crippen LogP contribution in [0.25, 0.3) is 0 Å². The molecular formula is C24H28FNO3. The zero-order valence-electron chi connectivity index (χ0n) is 16.9. The molecule has 29 heavy (non-hydrogen) atoms. The van der Waals surface area contributed by atoms with Gasteiger partial charge in [-0.15, -0.1) is 0 Å². The minimum atomic E-state index is -0.358. The lowest BCUT2D eigenvalue weighted by atomic mass is 9.87. The highest BCUT2D eigenvalue weighted by atomic mass is 19.1. The van der Waals surface area contributed by atoms with Gasteiger partial charge in [0.2, 0.25) is 5.91 Å². The van der Waals surface area contributed by atoms with Crippen molar-refractivity contribution in [2.45, 2.75) is 38.2 Å². The first-order chi connectivity index (χ1) is 14.1. The monoisotopic (exact) mass is 397 g/mol. The van der Waals surface area contributed by atoms with Gasteiger partial charge >= 0.3 is 0 Å². The molecule has 0 bridgehead atoms. The first kappa shape index (κ1) is 21.2. The quantitative estimate of drug-likeness (QED) is 0.601. The maximum Gasteiger partial charge on any atom is 0.222 e. The zero-order chi connectivity index (χ0) is 20.6. The molecule has 154 valence electrons. The maximum atomic E-state index is 12.9. The molecule has 3 rings (SSSR count). The van der Waals surface area contributed by atoms with Crippen LogP contribution in [0.4, 0.5) is 4.39 Å². The summed E-state index contributed by atoms with van der Waals surface area (Å²) in [6, 6.07) is 15.8. The van der Waals surface area contributed by atoms with Crippen molar-refractivity contribution in [1.82, 2.24) is 4.90 Å². The predicted molar refractivity (Wildman–Crippen MR) is 110 cm³/mol. The number of likely N-dealkylation sites (tertiary alicyclic amines) is 1. The Hall–Kier alpha value is -2.53. The molecular weight excluding hydrogens is 369 g/mol. The summed E-state index contributed by atoms with van der Waals surface area (Å²) in [7, 11) is 1.74. The molecule has 0 radical (unpaired) electrons. The van der Waals surface area contributed by atoms with E-state index >= 15 is 0 Å². The Morgan fingerprint density at radius 3 is 2.31 bits per heavy atom. The van der Waals surface area contributed by atoms with Crippen LogP contribution in [0.5, 0.6) is 0 Å². The number of piperidine rings is 1. The number of ether oxygens (including phenoxy) is 1. The third-order valence-corrected chi connectivity index (χ3v) is 5.66. The van der Waals surface area contributed by atoms with E-state index in [0.717, 1.165) is 25.9 Å². The fraction of sp³-hybridized carbons (Fsp3) is 0.417. The van der Waals surface area contributed by atoms with E-state index in [-0.39, 0.29) is 23.6 Å². The molecule has 1 aliphatic rings. The van der Waals surface area contributed by atoms with E-state index in [1.807, 2.05) is 23.1 Å². The lowest BCUT2D eigenvalue weighted by Crippen LogP contribution is -2.40. The average Bonchev–Trinajstić information content (AvgIpc) is 2.76. The van der Waals surface area contributed by atoms with Gasteiger partial charge in [0.05, 0.1) is 6.10 Å². The van der Waals surface area contributed by atoms with Crippen LogP contribution in [-0.2, 0) is 9.53 Å². The molecule has 1 saturated heterocycles. The van der Waals surface area contributed by atoms with E-state index < -0.39 is 0 Å². The summed E-state index contributed by atoms with van der Waals surface area (Å²) in [5, 5.41) is 0. The summed E-state index contributed by atoms with van der Waals surface area (Å²) < 4.78 is 18.7. The van der Waals surface area contributed by atoms with Crippen molar-refractivity contribution in [2.24, 2.45) is 5.92 Å². The number of carbonyl (C=O) groups is 2. The van der Waals surface area contributed by atoms with Gasteiger partial charge < -0.3 is 9.64 Å². The largest absolute Gasteiger partial charge is 0.376 e. The molecule has 0 aliphatic carbocycles. The van der Waals surface area contributed by atoms with E-state index in [2.05, 4.69) is 12.1 Å². The van der Waals surface area contributed by atoms with Crippen molar-refractivity contribution in [1.29, 1.82) is 0 Å². The van der Waals surface area contributed by atoms with Crippen LogP contribution in [0.15, 0.2) is 54.6 Å². The molecule has 5 heteroatoms. The van der Waals surface area contributed by atoms with E-state index in [4.69, 9.17) is 4.74 Å². The average molecular weight is 397 g/mol. The minimum Gasteiger partial charge on any atom is -0.376 e. The fourth-order valence-corrected chi connectivity index (χ4v) is 4.03. The highest BCUT2D eigenvalue weighted by molar-refractivity contribution is 5.96. The first-order valence-electron chi connectivity index (χ1n) is 10.2. The zero-order valence-corrected chi connectivity index (χ0v) is 16.9. The minimum absolute atomic E-state index is 0.0534. The molecule has 1 heterocycles. The van der Waals surface area contributed by atoms with Gasteiger partial charge in [-0.25, -0.2) is 4.39 Å². The molecule has 1 atom stereocenters. The predicted octanol–water partition coefficient (Wildman–Crippen LogP) is 4.81. The second-order valence-corrected chi connectivity index (χ2v) is 7.57. The molecule has 2 aromatic carbocycles. The Bertz CT molecular complexity index is 799. The van der Waals surface area contributed by atoms with Crippen molar-refractivity contribution < 1.29 is 18.7 Å². The molecule has 1 unspecified atom stereocenters. The lowest BCUT2D eigenvalue weighted by Gasteiger charge is -2.35. The Labute approximate surface area is 171 Å². The van der Waals surface area contributed by atoms with Crippen LogP contribution >= 0.6 is 0 Å². The van der Waals surface area contributed by atoms with Gasteiger partial charge in [-0.3, -0.25) is 9.59 Å². The van der Waals surface area contributed by atoms with Crippen LogP contribution in [0.2, 0.25) is 0 Å². The summed E-state index contributed by atoms with van der Waals surface area (Å²) in [5.41, 5.74) is 1.67. The number of rotatable bonds is 8. The van der Waals surface area contributed by atoms with Crippen LogP contribution in [0, 0.1) is 11.7 Å². The third-order valence-electron chi connectivity index (χ3n) is 5.66. The highest BCUT2D eigenvalue weighted by Crippen LogP contribution is 2.33. The summed E-state index contributed by atoms with van der Waals surface area (Å²) in [4.78, 5) is 26.5. The van der Waals surface area contributed by atoms with Crippen LogP contribution in [0.1, 0.15) is 54.1 Å². The Kier molecular flexibility index (Phi) is 7.53. The summed E-state index contributed by atoms with van der Waals surface area (Å²) >= 11 is 0. The normalized spacial score (nSPS) is 15.9. The third kappa shape index (κ3) is 5.73. The van der Waals surface area contributed by atoms with Gasteiger partial charge in [0.1, 0.15) is 5.82 Å². The van der Waals surface area contributed by atoms with Crippen molar-refractivity contribution in [3.05, 3.63) is 71.5 Å². The van der Waals surface area contributed by atoms with Gasteiger partial charge in [-0.2, -0.15) is 0 Å². The second kappa shape index (κ2) is 10.3. The Morgan fingerprint density at radius 2 is 1.69 bits per heavy atom. The number of halogens is 1. The number of Topliss-reactive ketones (excluding diaryl/α,β-unsaturated/α-hetero) is 1. The van der Waals surface area contributed by atoms with Gasteiger partial charge in [0, 0.05) is 38.6 Å². The van der Waals surface area contributed by atoms with Crippen LogP contribution in [-0.4, -0.2) is 36.8 Å². The molecule has 0 aromatic heterocycles. The molecule has 0 spiro atoms. The number of benzene rings is 2. The molecule has 1 aliphatic heterocycles. The van der Waals surface area contributed by atoms with E-state index in [1.165, 1.54) is 29.8 Å². The number of hydrogen-bond donors (Lipinski definition) is 0. The maximum absolute atomic E-state index is 12.9. The summed E-state index contributed by atoms with van der Waals surface area (Å²) in [6.45, 7) is 1.45. The lowest BCUT2D eigenvalue weighted by molar-refractivity contribution is -0.133. The summed E-state index contributed by atoms with van der Waals surface area (Å²) in [5.74, 6) is 0.0842. The van der Waals surface area contributed by atoms with Crippen molar-refractivity contribution in [3.63, 3.8) is 0 Å².